The van der Waals surface area contributed by atoms with E-state index in [0.717, 1.165) is 12.1 Å². The third-order valence-corrected chi connectivity index (χ3v) is 7.33. The van der Waals surface area contributed by atoms with Gasteiger partial charge in [0.2, 0.25) is 5.91 Å². The number of hydrogen-bond acceptors (Lipinski definition) is 5. The highest BCUT2D eigenvalue weighted by Crippen LogP contribution is 2.36. The van der Waals surface area contributed by atoms with Crippen LogP contribution >= 0.6 is 11.3 Å². The van der Waals surface area contributed by atoms with E-state index >= 15 is 0 Å². The summed E-state index contributed by atoms with van der Waals surface area (Å²) < 4.78 is 64.7. The Balaban J connectivity index is 1.92. The molecule has 2 heterocycles. The minimum atomic E-state index is -4.24. The van der Waals surface area contributed by atoms with Gasteiger partial charge in [-0.15, -0.1) is 11.3 Å². The fraction of sp³-hybridized carbons (Fsp3) is 0.250. The van der Waals surface area contributed by atoms with Crippen molar-refractivity contribution in [3.63, 3.8) is 0 Å². The van der Waals surface area contributed by atoms with Crippen molar-refractivity contribution in [3.8, 4) is 0 Å². The van der Waals surface area contributed by atoms with Crippen LogP contribution in [-0.2, 0) is 16.4 Å². The van der Waals surface area contributed by atoms with Crippen LogP contribution in [0.2, 0.25) is 0 Å². The molecule has 0 atom stereocenters. The molecule has 0 bridgehead atoms. The van der Waals surface area contributed by atoms with Gasteiger partial charge in [0, 0.05) is 11.3 Å². The highest BCUT2D eigenvalue weighted by Gasteiger charge is 2.50. The number of halogens is 3. The fourth-order valence-corrected chi connectivity index (χ4v) is 5.74. The first-order chi connectivity index (χ1) is 12.5. The summed E-state index contributed by atoms with van der Waals surface area (Å²) >= 11 is 0.583. The maximum absolute atomic E-state index is 13.7. The van der Waals surface area contributed by atoms with Gasteiger partial charge < -0.3 is 5.73 Å². The number of primary amides is 1. The number of nitrogens with two attached hydrogens (primary N) is 1. The molecule has 2 aromatic rings. The van der Waals surface area contributed by atoms with Gasteiger partial charge >= 0.3 is 0 Å². The van der Waals surface area contributed by atoms with Crippen molar-refractivity contribution in [3.05, 3.63) is 52.2 Å². The molecular weight excluding hydrogens is 405 g/mol. The molecule has 3 rings (SSSR count). The molecule has 144 valence electrons. The zero-order chi connectivity index (χ0) is 20.0. The molecule has 0 saturated carbocycles. The van der Waals surface area contributed by atoms with Gasteiger partial charge in [-0.1, -0.05) is 12.1 Å². The first kappa shape index (κ1) is 19.5. The second kappa shape index (κ2) is 6.73. The minimum Gasteiger partial charge on any atom is -0.366 e. The number of thiophene rings is 1. The lowest BCUT2D eigenvalue weighted by atomic mass is 10.1. The lowest BCUT2D eigenvalue weighted by Crippen LogP contribution is -2.58. The van der Waals surface area contributed by atoms with Gasteiger partial charge in [0.15, 0.2) is 5.78 Å². The van der Waals surface area contributed by atoms with Gasteiger partial charge in [0.1, 0.15) is 10.0 Å². The van der Waals surface area contributed by atoms with E-state index < -0.39 is 53.0 Å². The van der Waals surface area contributed by atoms with Crippen molar-refractivity contribution < 1.29 is 31.2 Å². The Hall–Kier alpha value is -2.24. The maximum Gasteiger partial charge on any atom is 0.275 e. The highest BCUT2D eigenvalue weighted by molar-refractivity contribution is 7.91. The summed E-state index contributed by atoms with van der Waals surface area (Å²) in [7, 11) is -4.24. The Morgan fingerprint density at radius 1 is 1.19 bits per heavy atom. The Morgan fingerprint density at radius 2 is 1.81 bits per heavy atom. The van der Waals surface area contributed by atoms with Gasteiger partial charge in [-0.05, 0) is 18.2 Å². The number of nitrogens with zero attached hydrogens (tertiary/aromatic N) is 1. The molecular formula is C16H13F3N2O4S2. The standard InChI is InChI=1S/C16H13F3N2O4S2/c17-11-4-2-1-3-9(11)12(22)6-13-10(15(20)23)5-14(26-13)27(24,25)21-7-16(18,19)8-21/h1-5H,6-8H2,(H2,20,23). The number of Topliss-reactive ketones (excluding diaryl/α,β-unsaturated/α-hetero) is 1. The van der Waals surface area contributed by atoms with Crippen molar-refractivity contribution in [1.82, 2.24) is 4.31 Å². The molecule has 0 unspecified atom stereocenters. The van der Waals surface area contributed by atoms with Crippen LogP contribution in [0.1, 0.15) is 25.6 Å². The van der Waals surface area contributed by atoms with E-state index in [0.29, 0.717) is 15.6 Å². The Bertz CT molecular complexity index is 1030. The molecule has 1 fully saturated rings. The summed E-state index contributed by atoms with van der Waals surface area (Å²) in [4.78, 5) is 24.0. The molecule has 0 radical (unpaired) electrons. The smallest absolute Gasteiger partial charge is 0.275 e. The predicted molar refractivity (Wildman–Crippen MR) is 91.0 cm³/mol. The minimum absolute atomic E-state index is 0.0293. The first-order valence-electron chi connectivity index (χ1n) is 7.59. The predicted octanol–water partition coefficient (Wildman–Crippen LogP) is 2.05. The molecule has 1 saturated heterocycles. The summed E-state index contributed by atoms with van der Waals surface area (Å²) in [6, 6.07) is 6.17. The summed E-state index contributed by atoms with van der Waals surface area (Å²) in [5, 5.41) is 0. The van der Waals surface area contributed by atoms with Gasteiger partial charge in [-0.3, -0.25) is 9.59 Å². The highest BCUT2D eigenvalue weighted by atomic mass is 32.2. The molecule has 1 aromatic carbocycles. The molecule has 1 aromatic heterocycles. The SMILES string of the molecule is NC(=O)c1cc(S(=O)(=O)N2CC(F)(F)C2)sc1CC(=O)c1ccccc1F. The van der Waals surface area contributed by atoms with E-state index in [4.69, 9.17) is 5.73 Å². The third-order valence-electron chi connectivity index (χ3n) is 3.96. The van der Waals surface area contributed by atoms with Crippen molar-refractivity contribution in [2.24, 2.45) is 5.73 Å². The van der Waals surface area contributed by atoms with E-state index in [1.165, 1.54) is 18.2 Å². The zero-order valence-electron chi connectivity index (χ0n) is 13.6. The van der Waals surface area contributed by atoms with Gasteiger partial charge in [-0.25, -0.2) is 21.6 Å². The van der Waals surface area contributed by atoms with Crippen LogP contribution in [0, 0.1) is 5.82 Å². The number of ketones is 1. The Morgan fingerprint density at radius 3 is 2.37 bits per heavy atom. The average Bonchev–Trinajstić information content (AvgIpc) is 2.97. The molecule has 27 heavy (non-hydrogen) atoms. The van der Waals surface area contributed by atoms with E-state index in [9.17, 15) is 31.2 Å². The zero-order valence-corrected chi connectivity index (χ0v) is 15.2. The van der Waals surface area contributed by atoms with Crippen molar-refractivity contribution in [2.45, 2.75) is 16.6 Å². The molecule has 1 amide bonds. The lowest BCUT2D eigenvalue weighted by Gasteiger charge is -2.36. The molecule has 0 aliphatic carbocycles. The molecule has 11 heteroatoms. The first-order valence-corrected chi connectivity index (χ1v) is 9.85. The van der Waals surface area contributed by atoms with E-state index in [2.05, 4.69) is 0 Å². The summed E-state index contributed by atoms with van der Waals surface area (Å²) in [5.41, 5.74) is 4.81. The largest absolute Gasteiger partial charge is 0.366 e. The average molecular weight is 418 g/mol. The van der Waals surface area contributed by atoms with Crippen LogP contribution in [0.25, 0.3) is 0 Å². The number of amides is 1. The number of hydrogen-bond donors (Lipinski definition) is 1. The monoisotopic (exact) mass is 418 g/mol. The number of carbonyl (C=O) groups is 2. The lowest BCUT2D eigenvalue weighted by molar-refractivity contribution is -0.0944. The third kappa shape index (κ3) is 3.75. The van der Waals surface area contributed by atoms with Crippen LogP contribution < -0.4 is 5.73 Å². The Labute approximate surface area is 156 Å². The maximum atomic E-state index is 13.7. The van der Waals surface area contributed by atoms with Gasteiger partial charge in [-0.2, -0.15) is 4.31 Å². The van der Waals surface area contributed by atoms with Gasteiger partial charge in [0.05, 0.1) is 24.2 Å². The number of alkyl halides is 2. The fourth-order valence-electron chi connectivity index (χ4n) is 2.57. The van der Waals surface area contributed by atoms with Gasteiger partial charge in [0.25, 0.3) is 15.9 Å². The number of sulfonamides is 1. The van der Waals surface area contributed by atoms with Crippen LogP contribution in [0.3, 0.4) is 0 Å². The normalized spacial score (nSPS) is 16.7. The van der Waals surface area contributed by atoms with E-state index in [1.54, 1.807) is 0 Å². The van der Waals surface area contributed by atoms with Crippen molar-refractivity contribution in [1.29, 1.82) is 0 Å². The van der Waals surface area contributed by atoms with Crippen molar-refractivity contribution >= 4 is 33.1 Å². The number of carbonyl (C=O) groups excluding carboxylic acids is 2. The molecule has 1 aliphatic heterocycles. The van der Waals surface area contributed by atoms with E-state index in [-0.39, 0.29) is 20.2 Å². The van der Waals surface area contributed by atoms with Crippen molar-refractivity contribution in [2.75, 3.05) is 13.1 Å². The summed E-state index contributed by atoms with van der Waals surface area (Å²) in [5.74, 6) is -5.49. The quantitative estimate of drug-likeness (QED) is 0.726. The van der Waals surface area contributed by atoms with Crippen LogP contribution in [-0.4, -0.2) is 43.4 Å². The molecule has 6 nitrogen and oxygen atoms in total. The topological polar surface area (TPSA) is 97.5 Å². The summed E-state index contributed by atoms with van der Waals surface area (Å²) in [6.45, 7) is -1.91. The summed E-state index contributed by atoms with van der Waals surface area (Å²) in [6.07, 6.45) is -0.449. The van der Waals surface area contributed by atoms with Crippen LogP contribution in [0.4, 0.5) is 13.2 Å². The molecule has 1 aliphatic rings. The number of benzene rings is 1. The molecule has 0 spiro atoms. The second-order valence-corrected chi connectivity index (χ2v) is 9.28. The second-order valence-electron chi connectivity index (χ2n) is 5.98. The van der Waals surface area contributed by atoms with Crippen LogP contribution in [0.15, 0.2) is 34.5 Å². The Kier molecular flexibility index (Phi) is 4.87. The van der Waals surface area contributed by atoms with Crippen LogP contribution in [0.5, 0.6) is 0 Å². The molecule has 2 N–H and O–H groups in total. The number of rotatable bonds is 6. The van der Waals surface area contributed by atoms with E-state index in [1.807, 2.05) is 0 Å².